The minimum absolute atomic E-state index is 0.319. The Kier molecular flexibility index (Phi) is 4.98. The van der Waals surface area contributed by atoms with Crippen LogP contribution in [0.3, 0.4) is 0 Å². The van der Waals surface area contributed by atoms with Crippen LogP contribution in [0.4, 0.5) is 0 Å². The molecular weight excluding hydrogens is 158 g/mol. The highest BCUT2D eigenvalue weighted by molar-refractivity contribution is 4.77. The van der Waals surface area contributed by atoms with Gasteiger partial charge in [0.1, 0.15) is 0 Å². The average Bonchev–Trinajstić information content (AvgIpc) is 1.82. The van der Waals surface area contributed by atoms with Crippen molar-refractivity contribution < 1.29 is 0 Å². The Morgan fingerprint density at radius 3 is 1.85 bits per heavy atom. The zero-order valence-electron chi connectivity index (χ0n) is 10.3. The molecule has 0 atom stereocenters. The van der Waals surface area contributed by atoms with Crippen LogP contribution in [0.5, 0.6) is 0 Å². The average molecular weight is 185 g/mol. The first kappa shape index (κ1) is 13.0. The molecule has 1 heteroatoms. The highest BCUT2D eigenvalue weighted by atomic mass is 14.9. The fraction of sp³-hybridized carbons (Fsp3) is 1.00. The molecule has 0 bridgehead atoms. The monoisotopic (exact) mass is 185 g/mol. The van der Waals surface area contributed by atoms with Crippen LogP contribution in [0.1, 0.15) is 60.8 Å². The Morgan fingerprint density at radius 1 is 0.923 bits per heavy atom. The molecular formula is C12H27N. The third kappa shape index (κ3) is 8.29. The van der Waals surface area contributed by atoms with Crippen molar-refractivity contribution in [1.82, 2.24) is 5.32 Å². The quantitative estimate of drug-likeness (QED) is 0.690. The SMILES string of the molecule is CCCC(C)(C)NCCC(C)(C)C. The molecule has 0 aromatic heterocycles. The van der Waals surface area contributed by atoms with E-state index in [0.29, 0.717) is 11.0 Å². The molecule has 0 aromatic rings. The zero-order chi connectivity index (χ0) is 10.5. The van der Waals surface area contributed by atoms with Crippen molar-refractivity contribution in [3.63, 3.8) is 0 Å². The van der Waals surface area contributed by atoms with E-state index >= 15 is 0 Å². The van der Waals surface area contributed by atoms with Crippen molar-refractivity contribution in [2.24, 2.45) is 5.41 Å². The van der Waals surface area contributed by atoms with E-state index in [4.69, 9.17) is 0 Å². The lowest BCUT2D eigenvalue weighted by atomic mass is 9.91. The van der Waals surface area contributed by atoms with Crippen molar-refractivity contribution in [1.29, 1.82) is 0 Å². The molecule has 0 rings (SSSR count). The molecule has 0 amide bonds. The number of hydrogen-bond donors (Lipinski definition) is 1. The van der Waals surface area contributed by atoms with Crippen LogP contribution < -0.4 is 5.32 Å². The predicted octanol–water partition coefficient (Wildman–Crippen LogP) is 3.59. The Morgan fingerprint density at radius 2 is 1.46 bits per heavy atom. The number of nitrogens with one attached hydrogen (secondary N) is 1. The standard InChI is InChI=1S/C12H27N/c1-7-8-12(5,6)13-10-9-11(2,3)4/h13H,7-10H2,1-6H3. The largest absolute Gasteiger partial charge is 0.312 e. The molecule has 0 aliphatic rings. The molecule has 0 aliphatic carbocycles. The van der Waals surface area contributed by atoms with Gasteiger partial charge in [0, 0.05) is 5.54 Å². The maximum absolute atomic E-state index is 3.62. The van der Waals surface area contributed by atoms with E-state index in [-0.39, 0.29) is 0 Å². The minimum atomic E-state index is 0.319. The van der Waals surface area contributed by atoms with Gasteiger partial charge in [-0.05, 0) is 38.6 Å². The van der Waals surface area contributed by atoms with Gasteiger partial charge in [-0.1, -0.05) is 34.1 Å². The van der Waals surface area contributed by atoms with Gasteiger partial charge in [0.05, 0.1) is 0 Å². The Labute approximate surface area is 84.3 Å². The van der Waals surface area contributed by atoms with E-state index in [9.17, 15) is 0 Å². The van der Waals surface area contributed by atoms with Gasteiger partial charge in [0.2, 0.25) is 0 Å². The van der Waals surface area contributed by atoms with Crippen molar-refractivity contribution in [2.75, 3.05) is 6.54 Å². The normalized spacial score (nSPS) is 13.4. The lowest BCUT2D eigenvalue weighted by molar-refractivity contribution is 0.307. The topological polar surface area (TPSA) is 12.0 Å². The maximum atomic E-state index is 3.62. The molecule has 80 valence electrons. The molecule has 0 heterocycles. The van der Waals surface area contributed by atoms with Crippen molar-refractivity contribution in [3.8, 4) is 0 Å². The molecule has 0 saturated heterocycles. The van der Waals surface area contributed by atoms with E-state index in [1.807, 2.05) is 0 Å². The lowest BCUT2D eigenvalue weighted by Gasteiger charge is -2.28. The summed E-state index contributed by atoms with van der Waals surface area (Å²) in [6.45, 7) is 14.8. The van der Waals surface area contributed by atoms with Gasteiger partial charge in [-0.2, -0.15) is 0 Å². The van der Waals surface area contributed by atoms with E-state index in [2.05, 4.69) is 46.9 Å². The van der Waals surface area contributed by atoms with Crippen molar-refractivity contribution >= 4 is 0 Å². The molecule has 0 radical (unpaired) electrons. The first-order chi connectivity index (χ1) is 5.77. The van der Waals surface area contributed by atoms with Gasteiger partial charge < -0.3 is 5.32 Å². The maximum Gasteiger partial charge on any atom is 0.0125 e. The van der Waals surface area contributed by atoms with Crippen LogP contribution in [0.2, 0.25) is 0 Å². The first-order valence-electron chi connectivity index (χ1n) is 5.52. The summed E-state index contributed by atoms with van der Waals surface area (Å²) in [7, 11) is 0. The molecule has 0 spiro atoms. The smallest absolute Gasteiger partial charge is 0.0125 e. The summed E-state index contributed by atoms with van der Waals surface area (Å²) in [5.41, 5.74) is 0.773. The summed E-state index contributed by atoms with van der Waals surface area (Å²) in [6, 6.07) is 0. The van der Waals surface area contributed by atoms with Crippen LogP contribution >= 0.6 is 0 Å². The van der Waals surface area contributed by atoms with Gasteiger partial charge in [-0.15, -0.1) is 0 Å². The van der Waals surface area contributed by atoms with E-state index in [1.54, 1.807) is 0 Å². The van der Waals surface area contributed by atoms with E-state index in [0.717, 1.165) is 6.54 Å². The fourth-order valence-electron chi connectivity index (χ4n) is 1.49. The lowest BCUT2D eigenvalue weighted by Crippen LogP contribution is -2.40. The summed E-state index contributed by atoms with van der Waals surface area (Å²) >= 11 is 0. The Hall–Kier alpha value is -0.0400. The summed E-state index contributed by atoms with van der Waals surface area (Å²) < 4.78 is 0. The summed E-state index contributed by atoms with van der Waals surface area (Å²) in [4.78, 5) is 0. The molecule has 0 fully saturated rings. The third-order valence-electron chi connectivity index (χ3n) is 2.35. The van der Waals surface area contributed by atoms with Crippen molar-refractivity contribution in [2.45, 2.75) is 66.3 Å². The summed E-state index contributed by atoms with van der Waals surface area (Å²) in [5, 5.41) is 3.62. The van der Waals surface area contributed by atoms with Crippen LogP contribution in [0.15, 0.2) is 0 Å². The zero-order valence-corrected chi connectivity index (χ0v) is 10.3. The predicted molar refractivity (Wildman–Crippen MR) is 61.1 cm³/mol. The third-order valence-corrected chi connectivity index (χ3v) is 2.35. The van der Waals surface area contributed by atoms with Gasteiger partial charge in [-0.3, -0.25) is 0 Å². The van der Waals surface area contributed by atoms with Gasteiger partial charge in [-0.25, -0.2) is 0 Å². The minimum Gasteiger partial charge on any atom is -0.312 e. The van der Waals surface area contributed by atoms with Crippen molar-refractivity contribution in [3.05, 3.63) is 0 Å². The van der Waals surface area contributed by atoms with E-state index < -0.39 is 0 Å². The highest BCUT2D eigenvalue weighted by Crippen LogP contribution is 2.18. The summed E-state index contributed by atoms with van der Waals surface area (Å²) in [6.07, 6.45) is 3.77. The van der Waals surface area contributed by atoms with Crippen LogP contribution in [-0.2, 0) is 0 Å². The van der Waals surface area contributed by atoms with E-state index in [1.165, 1.54) is 19.3 Å². The Balaban J connectivity index is 3.63. The molecule has 1 N–H and O–H groups in total. The fourth-order valence-corrected chi connectivity index (χ4v) is 1.49. The number of rotatable bonds is 5. The second-order valence-electron chi connectivity index (χ2n) is 5.87. The van der Waals surface area contributed by atoms with Crippen LogP contribution in [0.25, 0.3) is 0 Å². The second kappa shape index (κ2) is 4.99. The molecule has 0 unspecified atom stereocenters. The van der Waals surface area contributed by atoms with Gasteiger partial charge in [0.15, 0.2) is 0 Å². The van der Waals surface area contributed by atoms with Crippen LogP contribution in [0, 0.1) is 5.41 Å². The van der Waals surface area contributed by atoms with Gasteiger partial charge >= 0.3 is 0 Å². The highest BCUT2D eigenvalue weighted by Gasteiger charge is 2.16. The summed E-state index contributed by atoms with van der Waals surface area (Å²) in [5.74, 6) is 0. The second-order valence-corrected chi connectivity index (χ2v) is 5.87. The molecule has 0 saturated carbocycles. The Bertz CT molecular complexity index is 131. The molecule has 1 nitrogen and oxygen atoms in total. The molecule has 13 heavy (non-hydrogen) atoms. The van der Waals surface area contributed by atoms with Crippen LogP contribution in [-0.4, -0.2) is 12.1 Å². The first-order valence-corrected chi connectivity index (χ1v) is 5.52. The number of hydrogen-bond acceptors (Lipinski definition) is 1. The molecule has 0 aromatic carbocycles. The van der Waals surface area contributed by atoms with Gasteiger partial charge in [0.25, 0.3) is 0 Å². The molecule has 0 aliphatic heterocycles.